The molecule has 33 heavy (non-hydrogen) atoms. The van der Waals surface area contributed by atoms with E-state index in [1.165, 1.54) is 16.5 Å². The lowest BCUT2D eigenvalue weighted by Crippen LogP contribution is -2.38. The van der Waals surface area contributed by atoms with E-state index in [1.807, 2.05) is 36.5 Å². The average molecular weight is 444 g/mol. The van der Waals surface area contributed by atoms with E-state index in [1.54, 1.807) is 13.3 Å². The van der Waals surface area contributed by atoms with Crippen molar-refractivity contribution in [3.8, 4) is 0 Å². The maximum absolute atomic E-state index is 6.08. The normalized spacial score (nSPS) is 16.8. The number of fused-ring (bicyclic) bond motifs is 1. The topological polar surface area (TPSA) is 64.4 Å². The number of hydrogen-bond acceptors (Lipinski definition) is 6. The number of para-hydroxylation sites is 1. The second-order valence-corrected chi connectivity index (χ2v) is 8.26. The maximum Gasteiger partial charge on any atom is 0.130 e. The lowest BCUT2D eigenvalue weighted by atomic mass is 10.1. The van der Waals surface area contributed by atoms with Gasteiger partial charge in [0.25, 0.3) is 0 Å². The molecule has 1 fully saturated rings. The van der Waals surface area contributed by atoms with Crippen LogP contribution in [0.5, 0.6) is 0 Å². The van der Waals surface area contributed by atoms with Crippen molar-refractivity contribution in [2.45, 2.75) is 19.2 Å². The summed E-state index contributed by atoms with van der Waals surface area (Å²) in [6.45, 7) is 4.87. The summed E-state index contributed by atoms with van der Waals surface area (Å²) in [4.78, 5) is 11.4. The Bertz CT molecular complexity index is 1180. The minimum Gasteiger partial charge on any atom is -0.383 e. The van der Waals surface area contributed by atoms with Gasteiger partial charge in [0.05, 0.1) is 30.8 Å². The third-order valence-electron chi connectivity index (χ3n) is 6.01. The number of ether oxygens (including phenoxy) is 2. The summed E-state index contributed by atoms with van der Waals surface area (Å²) < 4.78 is 13.7. The highest BCUT2D eigenvalue weighted by atomic mass is 16.5. The highest BCUT2D eigenvalue weighted by Gasteiger charge is 2.24. The largest absolute Gasteiger partial charge is 0.383 e. The van der Waals surface area contributed by atoms with Crippen molar-refractivity contribution in [3.63, 3.8) is 0 Å². The number of nitrogens with zero attached hydrogens (tertiary/aromatic N) is 4. The predicted octanol–water partition coefficient (Wildman–Crippen LogP) is 4.39. The Morgan fingerprint density at radius 2 is 2.00 bits per heavy atom. The van der Waals surface area contributed by atoms with Gasteiger partial charge in [-0.15, -0.1) is 0 Å². The smallest absolute Gasteiger partial charge is 0.130 e. The van der Waals surface area contributed by atoms with Crippen LogP contribution in [0.25, 0.3) is 10.9 Å². The minimum absolute atomic E-state index is 0.0375. The van der Waals surface area contributed by atoms with E-state index < -0.39 is 0 Å². The van der Waals surface area contributed by atoms with E-state index >= 15 is 0 Å². The SMILES string of the molecule is COCCn1cc(CN2CCOC(c3ccc(Nc4ccccn4)cn3)C2)c2ccccc21. The fraction of sp³-hybridized carbons (Fsp3) is 0.308. The first kappa shape index (κ1) is 21.6. The quantitative estimate of drug-likeness (QED) is 0.436. The van der Waals surface area contributed by atoms with E-state index in [2.05, 4.69) is 55.2 Å². The summed E-state index contributed by atoms with van der Waals surface area (Å²) >= 11 is 0. The number of nitrogens with one attached hydrogen (secondary N) is 1. The lowest BCUT2D eigenvalue weighted by Gasteiger charge is -2.32. The highest BCUT2D eigenvalue weighted by molar-refractivity contribution is 5.83. The molecule has 1 aliphatic rings. The average Bonchev–Trinajstić information content (AvgIpc) is 3.21. The summed E-state index contributed by atoms with van der Waals surface area (Å²) in [6, 6.07) is 18.5. The van der Waals surface area contributed by atoms with Crippen LogP contribution >= 0.6 is 0 Å². The monoisotopic (exact) mass is 443 g/mol. The van der Waals surface area contributed by atoms with Crippen LogP contribution in [0, 0.1) is 0 Å². The molecule has 3 aromatic heterocycles. The molecule has 5 rings (SSSR count). The minimum atomic E-state index is -0.0375. The molecule has 4 heterocycles. The van der Waals surface area contributed by atoms with Crippen molar-refractivity contribution in [2.24, 2.45) is 0 Å². The van der Waals surface area contributed by atoms with Gasteiger partial charge in [-0.25, -0.2) is 4.98 Å². The molecule has 170 valence electrons. The fourth-order valence-corrected chi connectivity index (χ4v) is 4.34. The number of morpholine rings is 1. The Hall–Kier alpha value is -3.26. The van der Waals surface area contributed by atoms with E-state index in [-0.39, 0.29) is 6.10 Å². The number of aromatic nitrogens is 3. The second kappa shape index (κ2) is 10.1. The van der Waals surface area contributed by atoms with Gasteiger partial charge in [-0.05, 0) is 35.9 Å². The molecule has 1 N–H and O–H groups in total. The Kier molecular flexibility index (Phi) is 6.62. The van der Waals surface area contributed by atoms with Gasteiger partial charge in [-0.3, -0.25) is 9.88 Å². The van der Waals surface area contributed by atoms with Gasteiger partial charge >= 0.3 is 0 Å². The van der Waals surface area contributed by atoms with Crippen LogP contribution in [-0.2, 0) is 22.6 Å². The number of benzene rings is 1. The molecular formula is C26H29N5O2. The predicted molar refractivity (Wildman–Crippen MR) is 130 cm³/mol. The van der Waals surface area contributed by atoms with Crippen LogP contribution in [0.4, 0.5) is 11.5 Å². The lowest BCUT2D eigenvalue weighted by molar-refractivity contribution is -0.0348. The van der Waals surface area contributed by atoms with E-state index in [0.717, 1.165) is 43.4 Å². The summed E-state index contributed by atoms with van der Waals surface area (Å²) in [6.07, 6.45) is 5.84. The molecule has 7 nitrogen and oxygen atoms in total. The third kappa shape index (κ3) is 5.06. The number of rotatable bonds is 8. The molecule has 0 saturated carbocycles. The van der Waals surface area contributed by atoms with Crippen LogP contribution in [0.3, 0.4) is 0 Å². The van der Waals surface area contributed by atoms with Crippen molar-refractivity contribution in [1.29, 1.82) is 0 Å². The summed E-state index contributed by atoms with van der Waals surface area (Å²) in [5.41, 5.74) is 4.46. The Balaban J connectivity index is 1.27. The van der Waals surface area contributed by atoms with Crippen molar-refractivity contribution in [1.82, 2.24) is 19.4 Å². The van der Waals surface area contributed by atoms with Crippen molar-refractivity contribution >= 4 is 22.4 Å². The van der Waals surface area contributed by atoms with Crippen LogP contribution in [0.2, 0.25) is 0 Å². The summed E-state index contributed by atoms with van der Waals surface area (Å²) in [5.74, 6) is 0.803. The second-order valence-electron chi connectivity index (χ2n) is 8.26. The standard InChI is InChI=1S/C26H29N5O2/c1-32-14-13-31-18-20(22-6-2-3-7-24(22)31)17-30-12-15-33-25(19-30)23-10-9-21(16-28-23)29-26-8-4-5-11-27-26/h2-11,16,18,25H,12-15,17,19H2,1H3,(H,27,29). The molecule has 0 amide bonds. The molecule has 1 aromatic carbocycles. The van der Waals surface area contributed by atoms with Gasteiger partial charge in [0.1, 0.15) is 11.9 Å². The van der Waals surface area contributed by atoms with Crippen LogP contribution < -0.4 is 5.32 Å². The zero-order valence-corrected chi connectivity index (χ0v) is 18.9. The molecule has 1 atom stereocenters. The zero-order chi connectivity index (χ0) is 22.5. The van der Waals surface area contributed by atoms with E-state index in [0.29, 0.717) is 13.2 Å². The Morgan fingerprint density at radius 1 is 1.09 bits per heavy atom. The number of anilines is 2. The van der Waals surface area contributed by atoms with E-state index in [9.17, 15) is 0 Å². The van der Waals surface area contributed by atoms with Gasteiger partial charge in [-0.1, -0.05) is 24.3 Å². The first-order valence-corrected chi connectivity index (χ1v) is 11.3. The molecule has 7 heteroatoms. The van der Waals surface area contributed by atoms with Crippen molar-refractivity contribution < 1.29 is 9.47 Å². The fourth-order valence-electron chi connectivity index (χ4n) is 4.34. The maximum atomic E-state index is 6.08. The molecule has 1 unspecified atom stereocenters. The molecule has 4 aromatic rings. The highest BCUT2D eigenvalue weighted by Crippen LogP contribution is 2.27. The molecule has 0 aliphatic carbocycles. The molecule has 1 saturated heterocycles. The summed E-state index contributed by atoms with van der Waals surface area (Å²) in [5, 5.41) is 4.58. The molecule has 0 radical (unpaired) electrons. The summed E-state index contributed by atoms with van der Waals surface area (Å²) in [7, 11) is 1.75. The van der Waals surface area contributed by atoms with E-state index in [4.69, 9.17) is 9.47 Å². The van der Waals surface area contributed by atoms with Crippen LogP contribution in [0.15, 0.2) is 73.2 Å². The molecular weight excluding hydrogens is 414 g/mol. The van der Waals surface area contributed by atoms with Gasteiger partial charge in [-0.2, -0.15) is 0 Å². The van der Waals surface area contributed by atoms with Crippen LogP contribution in [-0.4, -0.2) is 52.8 Å². The van der Waals surface area contributed by atoms with Gasteiger partial charge in [0, 0.05) is 56.6 Å². The molecule has 0 bridgehead atoms. The van der Waals surface area contributed by atoms with Crippen molar-refractivity contribution in [3.05, 3.63) is 84.4 Å². The number of methoxy groups -OCH3 is 1. The van der Waals surface area contributed by atoms with Crippen LogP contribution in [0.1, 0.15) is 17.4 Å². The molecule has 0 spiro atoms. The Morgan fingerprint density at radius 3 is 2.82 bits per heavy atom. The van der Waals surface area contributed by atoms with Gasteiger partial charge in [0.15, 0.2) is 0 Å². The first-order chi connectivity index (χ1) is 16.3. The van der Waals surface area contributed by atoms with Crippen molar-refractivity contribution in [2.75, 3.05) is 38.7 Å². The Labute approximate surface area is 194 Å². The van der Waals surface area contributed by atoms with Gasteiger partial charge < -0.3 is 19.4 Å². The molecule has 1 aliphatic heterocycles. The first-order valence-electron chi connectivity index (χ1n) is 11.3. The number of hydrogen-bond donors (Lipinski definition) is 1. The number of pyridine rings is 2. The third-order valence-corrected chi connectivity index (χ3v) is 6.01. The van der Waals surface area contributed by atoms with Gasteiger partial charge in [0.2, 0.25) is 0 Å². The zero-order valence-electron chi connectivity index (χ0n) is 18.9.